The minimum absolute atomic E-state index is 0.134. The highest BCUT2D eigenvalue weighted by molar-refractivity contribution is 8.00. The molecule has 2 aromatic carbocycles. The minimum Gasteiger partial charge on any atom is -0.455 e. The number of hydrogen-bond donors (Lipinski definition) is 1. The van der Waals surface area contributed by atoms with E-state index in [1.165, 1.54) is 34.9 Å². The molecule has 30 heavy (non-hydrogen) atoms. The Hall–Kier alpha value is -2.27. The van der Waals surface area contributed by atoms with Crippen molar-refractivity contribution < 1.29 is 14.3 Å². The van der Waals surface area contributed by atoms with Crippen molar-refractivity contribution in [1.82, 2.24) is 5.32 Å². The second-order valence-corrected chi connectivity index (χ2v) is 9.41. The Bertz CT molecular complexity index is 876. The third kappa shape index (κ3) is 6.63. The van der Waals surface area contributed by atoms with E-state index in [0.717, 1.165) is 29.7 Å². The van der Waals surface area contributed by atoms with Gasteiger partial charge in [0.1, 0.15) is 0 Å². The van der Waals surface area contributed by atoms with Gasteiger partial charge in [-0.05, 0) is 72.9 Å². The van der Waals surface area contributed by atoms with Gasteiger partial charge in [0.05, 0.1) is 11.8 Å². The summed E-state index contributed by atoms with van der Waals surface area (Å²) in [6.07, 6.45) is 4.52. The molecular formula is C25H31NO3S. The molecule has 0 fully saturated rings. The molecule has 0 radical (unpaired) electrons. The lowest BCUT2D eigenvalue weighted by atomic mass is 10.00. The van der Waals surface area contributed by atoms with E-state index in [-0.39, 0.29) is 30.3 Å². The first-order valence-corrected chi connectivity index (χ1v) is 11.7. The molecule has 1 aliphatic carbocycles. The third-order valence-corrected chi connectivity index (χ3v) is 6.26. The Labute approximate surface area is 183 Å². The van der Waals surface area contributed by atoms with Crippen molar-refractivity contribution in [3.05, 3.63) is 64.7 Å². The van der Waals surface area contributed by atoms with Crippen LogP contribution >= 0.6 is 11.8 Å². The second kappa shape index (κ2) is 10.7. The van der Waals surface area contributed by atoms with Crippen molar-refractivity contribution >= 4 is 23.6 Å². The first kappa shape index (κ1) is 22.4. The van der Waals surface area contributed by atoms with Gasteiger partial charge in [0.15, 0.2) is 6.61 Å². The van der Waals surface area contributed by atoms with Gasteiger partial charge >= 0.3 is 5.97 Å². The highest BCUT2D eigenvalue weighted by Gasteiger charge is 2.14. The molecule has 160 valence electrons. The number of esters is 1. The Morgan fingerprint density at radius 3 is 2.50 bits per heavy atom. The standard InChI is InChI=1S/C25H31NO3S/c1-17(2)13-19-7-9-20(10-8-19)18(3)26-24(27)15-29-25(28)16-30-23-12-11-21-5-4-6-22(21)14-23/h7-12,14,17-18H,4-6,13,15-16H2,1-3H3,(H,26,27)/t18-/m0/s1. The lowest BCUT2D eigenvalue weighted by Crippen LogP contribution is -2.31. The van der Waals surface area contributed by atoms with E-state index in [1.54, 1.807) is 0 Å². The maximum absolute atomic E-state index is 12.2. The molecule has 1 amide bonds. The van der Waals surface area contributed by atoms with Crippen molar-refractivity contribution in [2.75, 3.05) is 12.4 Å². The number of amides is 1. The van der Waals surface area contributed by atoms with Gasteiger partial charge in [0.25, 0.3) is 5.91 Å². The SMILES string of the molecule is CC(C)Cc1ccc([C@H](C)NC(=O)COC(=O)CSc2ccc3c(c2)CCC3)cc1. The van der Waals surface area contributed by atoms with E-state index in [9.17, 15) is 9.59 Å². The Kier molecular flexibility index (Phi) is 7.97. The van der Waals surface area contributed by atoms with E-state index in [1.807, 2.05) is 19.1 Å². The van der Waals surface area contributed by atoms with Crippen LogP contribution in [0.1, 0.15) is 55.5 Å². The molecule has 0 aliphatic heterocycles. The van der Waals surface area contributed by atoms with Crippen LogP contribution in [0.25, 0.3) is 0 Å². The first-order chi connectivity index (χ1) is 14.4. The monoisotopic (exact) mass is 425 g/mol. The van der Waals surface area contributed by atoms with Crippen LogP contribution in [0.3, 0.4) is 0 Å². The first-order valence-electron chi connectivity index (χ1n) is 10.7. The fourth-order valence-corrected chi connectivity index (χ4v) is 4.51. The largest absolute Gasteiger partial charge is 0.455 e. The van der Waals surface area contributed by atoms with E-state index < -0.39 is 0 Å². The molecule has 3 rings (SSSR count). The molecule has 0 spiro atoms. The molecule has 0 bridgehead atoms. The van der Waals surface area contributed by atoms with Crippen LogP contribution in [0, 0.1) is 5.92 Å². The van der Waals surface area contributed by atoms with Crippen molar-refractivity contribution in [1.29, 1.82) is 0 Å². The van der Waals surface area contributed by atoms with Gasteiger partial charge in [-0.1, -0.05) is 44.2 Å². The maximum Gasteiger partial charge on any atom is 0.316 e. The predicted molar refractivity (Wildman–Crippen MR) is 122 cm³/mol. The van der Waals surface area contributed by atoms with Crippen LogP contribution in [0.5, 0.6) is 0 Å². The molecule has 0 saturated heterocycles. The molecule has 0 unspecified atom stereocenters. The summed E-state index contributed by atoms with van der Waals surface area (Å²) in [5, 5.41) is 2.89. The number of carbonyl (C=O) groups is 2. The summed E-state index contributed by atoms with van der Waals surface area (Å²) in [5.74, 6) is 0.161. The van der Waals surface area contributed by atoms with Crippen LogP contribution in [0.4, 0.5) is 0 Å². The zero-order valence-electron chi connectivity index (χ0n) is 18.1. The average Bonchev–Trinajstić information content (AvgIpc) is 3.18. The molecule has 0 heterocycles. The van der Waals surface area contributed by atoms with Crippen LogP contribution in [0.15, 0.2) is 47.4 Å². The Morgan fingerprint density at radius 2 is 1.77 bits per heavy atom. The van der Waals surface area contributed by atoms with Gasteiger partial charge in [0, 0.05) is 4.90 Å². The highest BCUT2D eigenvalue weighted by Crippen LogP contribution is 2.27. The summed E-state index contributed by atoms with van der Waals surface area (Å²) in [7, 11) is 0. The van der Waals surface area contributed by atoms with E-state index in [2.05, 4.69) is 49.5 Å². The number of ether oxygens (including phenoxy) is 1. The highest BCUT2D eigenvalue weighted by atomic mass is 32.2. The zero-order chi connectivity index (χ0) is 21.5. The summed E-state index contributed by atoms with van der Waals surface area (Å²) in [6.45, 7) is 6.07. The number of nitrogens with one attached hydrogen (secondary N) is 1. The number of rotatable bonds is 9. The van der Waals surface area contributed by atoms with Gasteiger partial charge in [-0.25, -0.2) is 0 Å². The van der Waals surface area contributed by atoms with Crippen molar-refractivity contribution in [3.8, 4) is 0 Å². The van der Waals surface area contributed by atoms with Crippen LogP contribution in [0.2, 0.25) is 0 Å². The molecule has 4 nitrogen and oxygen atoms in total. The van der Waals surface area contributed by atoms with Crippen molar-refractivity contribution in [2.45, 2.75) is 57.4 Å². The number of fused-ring (bicyclic) bond motifs is 1. The molecule has 5 heteroatoms. The molecule has 0 saturated carbocycles. The minimum atomic E-state index is -0.374. The summed E-state index contributed by atoms with van der Waals surface area (Å²) < 4.78 is 5.15. The topological polar surface area (TPSA) is 55.4 Å². The Balaban J connectivity index is 1.38. The molecule has 1 aliphatic rings. The summed E-state index contributed by atoms with van der Waals surface area (Å²) in [5.41, 5.74) is 5.14. The average molecular weight is 426 g/mol. The fourth-order valence-electron chi connectivity index (χ4n) is 3.75. The molecule has 0 aromatic heterocycles. The van der Waals surface area contributed by atoms with Gasteiger partial charge in [0.2, 0.25) is 0 Å². The normalized spacial score (nSPS) is 13.7. The van der Waals surface area contributed by atoms with Crippen LogP contribution in [-0.4, -0.2) is 24.2 Å². The van der Waals surface area contributed by atoms with E-state index in [4.69, 9.17) is 4.74 Å². The summed E-state index contributed by atoms with van der Waals surface area (Å²) in [6, 6.07) is 14.5. The van der Waals surface area contributed by atoms with Gasteiger partial charge < -0.3 is 10.1 Å². The quantitative estimate of drug-likeness (QED) is 0.459. The fraction of sp³-hybridized carbons (Fsp3) is 0.440. The lowest BCUT2D eigenvalue weighted by Gasteiger charge is -2.15. The van der Waals surface area contributed by atoms with E-state index in [0.29, 0.717) is 5.92 Å². The Morgan fingerprint density at radius 1 is 1.03 bits per heavy atom. The molecule has 2 aromatic rings. The smallest absolute Gasteiger partial charge is 0.316 e. The number of thioether (sulfide) groups is 1. The van der Waals surface area contributed by atoms with Crippen molar-refractivity contribution in [3.63, 3.8) is 0 Å². The third-order valence-electron chi connectivity index (χ3n) is 5.29. The van der Waals surface area contributed by atoms with Gasteiger partial charge in [-0.3, -0.25) is 9.59 Å². The predicted octanol–water partition coefficient (Wildman–Crippen LogP) is 4.89. The van der Waals surface area contributed by atoms with Crippen molar-refractivity contribution in [2.24, 2.45) is 5.92 Å². The molecule has 1 N–H and O–H groups in total. The summed E-state index contributed by atoms with van der Waals surface area (Å²) in [4.78, 5) is 25.2. The molecule has 1 atom stereocenters. The molecular weight excluding hydrogens is 394 g/mol. The zero-order valence-corrected chi connectivity index (χ0v) is 18.9. The number of hydrogen-bond acceptors (Lipinski definition) is 4. The van der Waals surface area contributed by atoms with Gasteiger partial charge in [-0.2, -0.15) is 0 Å². The number of aryl methyl sites for hydroxylation is 2. The number of carbonyl (C=O) groups excluding carboxylic acids is 2. The van der Waals surface area contributed by atoms with Crippen LogP contribution < -0.4 is 5.32 Å². The lowest BCUT2D eigenvalue weighted by molar-refractivity contribution is -0.146. The second-order valence-electron chi connectivity index (χ2n) is 8.36. The van der Waals surface area contributed by atoms with E-state index >= 15 is 0 Å². The van der Waals surface area contributed by atoms with Crippen LogP contribution in [-0.2, 0) is 33.6 Å². The van der Waals surface area contributed by atoms with Gasteiger partial charge in [-0.15, -0.1) is 11.8 Å². The maximum atomic E-state index is 12.2. The summed E-state index contributed by atoms with van der Waals surface area (Å²) >= 11 is 1.46. The number of benzene rings is 2.